The fourth-order valence-corrected chi connectivity index (χ4v) is 1.96. The molecule has 1 saturated carbocycles. The number of nitrogens with zero attached hydrogens (tertiary/aromatic N) is 2. The van der Waals surface area contributed by atoms with Gasteiger partial charge in [0.1, 0.15) is 0 Å². The number of hydrogen-bond donors (Lipinski definition) is 1. The Morgan fingerprint density at radius 3 is 2.64 bits per heavy atom. The van der Waals surface area contributed by atoms with Crippen LogP contribution >= 0.6 is 0 Å². The Kier molecular flexibility index (Phi) is 2.25. The van der Waals surface area contributed by atoms with Crippen molar-refractivity contribution in [2.24, 2.45) is 5.92 Å². The maximum Gasteiger partial charge on any atom is 0.200 e. The average Bonchev–Trinajstić information content (AvgIpc) is 2.82. The second-order valence-corrected chi connectivity index (χ2v) is 4.70. The van der Waals surface area contributed by atoms with E-state index in [1.54, 1.807) is 0 Å². The minimum Gasteiger partial charge on any atom is -0.369 e. The van der Waals surface area contributed by atoms with Crippen molar-refractivity contribution in [1.82, 2.24) is 9.55 Å². The van der Waals surface area contributed by atoms with Gasteiger partial charge >= 0.3 is 0 Å². The zero-order valence-corrected chi connectivity index (χ0v) is 9.25. The van der Waals surface area contributed by atoms with Crippen LogP contribution in [0.3, 0.4) is 0 Å². The second-order valence-electron chi connectivity index (χ2n) is 4.70. The second kappa shape index (κ2) is 3.30. The molecule has 0 amide bonds. The van der Waals surface area contributed by atoms with Crippen LogP contribution in [0.15, 0.2) is 0 Å². The molecule has 1 fully saturated rings. The molecule has 0 atom stereocenters. The van der Waals surface area contributed by atoms with Crippen LogP contribution in [0, 0.1) is 12.8 Å². The summed E-state index contributed by atoms with van der Waals surface area (Å²) < 4.78 is 2.21. The first-order valence-corrected chi connectivity index (χ1v) is 5.42. The summed E-state index contributed by atoms with van der Waals surface area (Å²) in [6.07, 6.45) is 3.57. The minimum absolute atomic E-state index is 0.642. The van der Waals surface area contributed by atoms with Crippen molar-refractivity contribution in [3.05, 3.63) is 11.4 Å². The molecule has 0 radical (unpaired) electrons. The normalized spacial score (nSPS) is 16.6. The lowest BCUT2D eigenvalue weighted by Gasteiger charge is -2.06. The highest BCUT2D eigenvalue weighted by molar-refractivity contribution is 5.31. The van der Waals surface area contributed by atoms with E-state index in [0.717, 1.165) is 6.42 Å². The standard InChI is InChI=1S/C11H19N3/c1-7(2)6-10-8(3)14(9-4-5-9)11(12)13-10/h7,9H,4-6H2,1-3H3,(H2,12,13). The van der Waals surface area contributed by atoms with E-state index in [-0.39, 0.29) is 0 Å². The van der Waals surface area contributed by atoms with Gasteiger partial charge in [-0.1, -0.05) is 13.8 Å². The van der Waals surface area contributed by atoms with E-state index in [1.165, 1.54) is 24.2 Å². The van der Waals surface area contributed by atoms with Crippen LogP contribution in [0.5, 0.6) is 0 Å². The number of aromatic nitrogens is 2. The van der Waals surface area contributed by atoms with Crippen LogP contribution in [0.4, 0.5) is 5.95 Å². The highest BCUT2D eigenvalue weighted by atomic mass is 15.2. The van der Waals surface area contributed by atoms with Crippen LogP contribution in [0.25, 0.3) is 0 Å². The Morgan fingerprint density at radius 2 is 2.14 bits per heavy atom. The van der Waals surface area contributed by atoms with Crippen molar-refractivity contribution in [2.45, 2.75) is 46.1 Å². The monoisotopic (exact) mass is 193 g/mol. The van der Waals surface area contributed by atoms with E-state index in [0.29, 0.717) is 17.9 Å². The molecule has 1 aliphatic rings. The van der Waals surface area contributed by atoms with Gasteiger partial charge in [-0.2, -0.15) is 0 Å². The van der Waals surface area contributed by atoms with Crippen molar-refractivity contribution >= 4 is 5.95 Å². The molecule has 2 rings (SSSR count). The first kappa shape index (κ1) is 9.56. The van der Waals surface area contributed by atoms with Crippen LogP contribution < -0.4 is 5.73 Å². The van der Waals surface area contributed by atoms with E-state index < -0.39 is 0 Å². The fraction of sp³-hybridized carbons (Fsp3) is 0.727. The SMILES string of the molecule is Cc1c(CC(C)C)nc(N)n1C1CC1. The van der Waals surface area contributed by atoms with E-state index >= 15 is 0 Å². The largest absolute Gasteiger partial charge is 0.369 e. The highest BCUT2D eigenvalue weighted by Gasteiger charge is 2.28. The molecule has 0 saturated heterocycles. The third-order valence-corrected chi connectivity index (χ3v) is 2.79. The molecule has 1 heterocycles. The lowest BCUT2D eigenvalue weighted by molar-refractivity contribution is 0.631. The van der Waals surface area contributed by atoms with Gasteiger partial charge in [0.2, 0.25) is 5.95 Å². The maximum atomic E-state index is 5.91. The van der Waals surface area contributed by atoms with Gasteiger partial charge in [0.05, 0.1) is 5.69 Å². The molecule has 0 aliphatic heterocycles. The molecular formula is C11H19N3. The van der Waals surface area contributed by atoms with Gasteiger partial charge in [-0.25, -0.2) is 4.98 Å². The molecule has 1 aromatic heterocycles. The van der Waals surface area contributed by atoms with Crippen LogP contribution in [0.2, 0.25) is 0 Å². The third kappa shape index (κ3) is 1.63. The van der Waals surface area contributed by atoms with E-state index in [9.17, 15) is 0 Å². The Labute approximate surface area is 85.3 Å². The summed E-state index contributed by atoms with van der Waals surface area (Å²) in [6.45, 7) is 6.57. The Morgan fingerprint density at radius 1 is 1.50 bits per heavy atom. The van der Waals surface area contributed by atoms with E-state index in [1.807, 2.05) is 0 Å². The molecule has 3 nitrogen and oxygen atoms in total. The number of hydrogen-bond acceptors (Lipinski definition) is 2. The van der Waals surface area contributed by atoms with Gasteiger partial charge in [0, 0.05) is 11.7 Å². The molecule has 1 aliphatic carbocycles. The van der Waals surface area contributed by atoms with Crippen molar-refractivity contribution in [1.29, 1.82) is 0 Å². The van der Waals surface area contributed by atoms with Gasteiger partial charge in [-0.3, -0.25) is 0 Å². The summed E-state index contributed by atoms with van der Waals surface area (Å²) in [4.78, 5) is 4.45. The molecule has 3 heteroatoms. The molecule has 0 bridgehead atoms. The quantitative estimate of drug-likeness (QED) is 0.800. The average molecular weight is 193 g/mol. The molecule has 0 aromatic carbocycles. The third-order valence-electron chi connectivity index (χ3n) is 2.79. The van der Waals surface area contributed by atoms with E-state index in [2.05, 4.69) is 30.3 Å². The van der Waals surface area contributed by atoms with Crippen LogP contribution in [-0.2, 0) is 6.42 Å². The highest BCUT2D eigenvalue weighted by Crippen LogP contribution is 2.38. The molecular weight excluding hydrogens is 174 g/mol. The Balaban J connectivity index is 2.28. The Hall–Kier alpha value is -0.990. The van der Waals surface area contributed by atoms with Crippen molar-refractivity contribution < 1.29 is 0 Å². The summed E-state index contributed by atoms with van der Waals surface area (Å²) in [5, 5.41) is 0. The number of nitrogen functional groups attached to an aromatic ring is 1. The van der Waals surface area contributed by atoms with Crippen molar-refractivity contribution in [3.8, 4) is 0 Å². The zero-order chi connectivity index (χ0) is 10.3. The summed E-state index contributed by atoms with van der Waals surface area (Å²) in [6, 6.07) is 0.642. The first-order chi connectivity index (χ1) is 6.59. The predicted octanol–water partition coefficient (Wildman–Crippen LogP) is 2.31. The molecule has 14 heavy (non-hydrogen) atoms. The van der Waals surface area contributed by atoms with Crippen molar-refractivity contribution in [2.75, 3.05) is 5.73 Å². The zero-order valence-electron chi connectivity index (χ0n) is 9.25. The predicted molar refractivity (Wildman–Crippen MR) is 58.2 cm³/mol. The molecule has 1 aromatic rings. The smallest absolute Gasteiger partial charge is 0.200 e. The summed E-state index contributed by atoms with van der Waals surface area (Å²) in [5.74, 6) is 1.36. The summed E-state index contributed by atoms with van der Waals surface area (Å²) >= 11 is 0. The molecule has 0 spiro atoms. The van der Waals surface area contributed by atoms with Gasteiger partial charge in [0.25, 0.3) is 0 Å². The topological polar surface area (TPSA) is 43.8 Å². The lowest BCUT2D eigenvalue weighted by Crippen LogP contribution is -2.02. The van der Waals surface area contributed by atoms with Gasteiger partial charge in [-0.15, -0.1) is 0 Å². The molecule has 2 N–H and O–H groups in total. The number of anilines is 1. The van der Waals surface area contributed by atoms with Gasteiger partial charge in [0.15, 0.2) is 0 Å². The van der Waals surface area contributed by atoms with Crippen molar-refractivity contribution in [3.63, 3.8) is 0 Å². The number of nitrogens with two attached hydrogens (primary N) is 1. The molecule has 78 valence electrons. The fourth-order valence-electron chi connectivity index (χ4n) is 1.96. The first-order valence-electron chi connectivity index (χ1n) is 5.42. The number of rotatable bonds is 3. The number of imidazole rings is 1. The van der Waals surface area contributed by atoms with Crippen LogP contribution in [0.1, 0.15) is 44.1 Å². The lowest BCUT2D eigenvalue weighted by atomic mass is 10.1. The molecule has 0 unspecified atom stereocenters. The van der Waals surface area contributed by atoms with Gasteiger partial charge < -0.3 is 10.3 Å². The van der Waals surface area contributed by atoms with Gasteiger partial charge in [-0.05, 0) is 32.1 Å². The Bertz CT molecular complexity index is 335. The van der Waals surface area contributed by atoms with Crippen LogP contribution in [-0.4, -0.2) is 9.55 Å². The minimum atomic E-state index is 0.642. The maximum absolute atomic E-state index is 5.91. The summed E-state index contributed by atoms with van der Waals surface area (Å²) in [5.41, 5.74) is 8.37. The van der Waals surface area contributed by atoms with E-state index in [4.69, 9.17) is 5.73 Å². The summed E-state index contributed by atoms with van der Waals surface area (Å²) in [7, 11) is 0.